The fraction of sp³-hybridized carbons (Fsp3) is 0.818. The van der Waals surface area contributed by atoms with E-state index in [0.29, 0.717) is 0 Å². The van der Waals surface area contributed by atoms with Crippen molar-refractivity contribution >= 4 is 5.97 Å². The van der Waals surface area contributed by atoms with E-state index in [1.165, 1.54) is 64.6 Å². The predicted molar refractivity (Wildman–Crippen MR) is 104 cm³/mol. The number of esters is 1. The molecule has 0 bridgehead atoms. The molecule has 2 unspecified atom stereocenters. The summed E-state index contributed by atoms with van der Waals surface area (Å²) in [6, 6.07) is 0. The van der Waals surface area contributed by atoms with Gasteiger partial charge in [0.15, 0.2) is 0 Å². The summed E-state index contributed by atoms with van der Waals surface area (Å²) in [5.74, 6) is 2.24. The minimum Gasteiger partial charge on any atom is -0.426 e. The smallest absolute Gasteiger partial charge is 0.308 e. The van der Waals surface area contributed by atoms with Crippen LogP contribution in [-0.2, 0) is 9.53 Å². The van der Waals surface area contributed by atoms with Gasteiger partial charge in [-0.05, 0) is 43.1 Å². The van der Waals surface area contributed by atoms with Crippen LogP contribution in [0.15, 0.2) is 17.6 Å². The van der Waals surface area contributed by atoms with Gasteiger partial charge in [0.1, 0.15) is 6.26 Å². The van der Waals surface area contributed by atoms with Crippen molar-refractivity contribution in [1.29, 1.82) is 0 Å². The van der Waals surface area contributed by atoms with E-state index < -0.39 is 0 Å². The van der Waals surface area contributed by atoms with Crippen LogP contribution >= 0.6 is 0 Å². The Morgan fingerprint density at radius 1 is 0.875 bits per heavy atom. The zero-order valence-corrected chi connectivity index (χ0v) is 17.0. The van der Waals surface area contributed by atoms with Crippen molar-refractivity contribution in [2.45, 2.75) is 99.3 Å². The maximum atomic E-state index is 10.7. The van der Waals surface area contributed by atoms with Gasteiger partial charge in [0, 0.05) is 6.92 Å². The van der Waals surface area contributed by atoms with Crippen LogP contribution in [-0.4, -0.2) is 5.97 Å². The van der Waals surface area contributed by atoms with Crippen LogP contribution in [0.3, 0.4) is 0 Å². The summed E-state index contributed by atoms with van der Waals surface area (Å²) < 4.78 is 4.76. The third-order valence-electron chi connectivity index (χ3n) is 4.65. The molecule has 0 saturated carbocycles. The van der Waals surface area contributed by atoms with Gasteiger partial charge in [0.05, 0.1) is 0 Å². The van der Waals surface area contributed by atoms with Crippen molar-refractivity contribution in [1.82, 2.24) is 0 Å². The standard InChI is InChI=1S/C22H40O2/c1-18(2)10-7-11-19(3)12-8-13-20(4)14-9-15-21(5)16-17-24-22(6)23/h17-20H,7-15H2,1-6H3. The Bertz CT molecular complexity index is 389. The first kappa shape index (κ1) is 23.0. The van der Waals surface area contributed by atoms with Crippen LogP contribution in [0.4, 0.5) is 0 Å². The molecular weight excluding hydrogens is 296 g/mol. The van der Waals surface area contributed by atoms with Gasteiger partial charge in [-0.3, -0.25) is 4.79 Å². The molecule has 140 valence electrons. The summed E-state index contributed by atoms with van der Waals surface area (Å²) in [5, 5.41) is 0. The van der Waals surface area contributed by atoms with E-state index in [4.69, 9.17) is 4.74 Å². The maximum Gasteiger partial charge on any atom is 0.308 e. The third-order valence-corrected chi connectivity index (χ3v) is 4.65. The number of ether oxygens (including phenoxy) is 1. The molecule has 0 radical (unpaired) electrons. The SMILES string of the molecule is CC(=O)OC=C=C(C)CCCC(C)CCCC(C)CCCC(C)C. The molecule has 0 saturated heterocycles. The first-order chi connectivity index (χ1) is 11.3. The normalized spacial score (nSPS) is 13.3. The Morgan fingerprint density at radius 2 is 1.38 bits per heavy atom. The van der Waals surface area contributed by atoms with Gasteiger partial charge in [0.2, 0.25) is 0 Å². The van der Waals surface area contributed by atoms with E-state index in [-0.39, 0.29) is 5.97 Å². The average Bonchev–Trinajstić information content (AvgIpc) is 2.46. The highest BCUT2D eigenvalue weighted by Gasteiger charge is 2.06. The van der Waals surface area contributed by atoms with Gasteiger partial charge in [-0.1, -0.05) is 78.4 Å². The van der Waals surface area contributed by atoms with Crippen LogP contribution in [0.1, 0.15) is 99.3 Å². The highest BCUT2D eigenvalue weighted by atomic mass is 16.5. The molecule has 0 heterocycles. The Kier molecular flexibility index (Phi) is 13.7. The summed E-state index contributed by atoms with van der Waals surface area (Å²) in [4.78, 5) is 10.7. The second-order valence-electron chi connectivity index (χ2n) is 8.01. The van der Waals surface area contributed by atoms with Crippen LogP contribution in [0.25, 0.3) is 0 Å². The van der Waals surface area contributed by atoms with E-state index in [1.54, 1.807) is 0 Å². The molecule has 0 aromatic heterocycles. The lowest BCUT2D eigenvalue weighted by Crippen LogP contribution is -2.00. The average molecular weight is 337 g/mol. The van der Waals surface area contributed by atoms with E-state index in [1.807, 2.05) is 6.92 Å². The lowest BCUT2D eigenvalue weighted by Gasteiger charge is -2.15. The molecular formula is C22H40O2. The molecule has 2 atom stereocenters. The van der Waals surface area contributed by atoms with Gasteiger partial charge >= 0.3 is 5.97 Å². The van der Waals surface area contributed by atoms with E-state index >= 15 is 0 Å². The highest BCUT2D eigenvalue weighted by molar-refractivity contribution is 5.66. The number of carbonyl (C=O) groups excluding carboxylic acids is 1. The number of rotatable bonds is 13. The van der Waals surface area contributed by atoms with Gasteiger partial charge in [-0.15, -0.1) is 0 Å². The van der Waals surface area contributed by atoms with E-state index in [0.717, 1.165) is 29.7 Å². The molecule has 0 aromatic rings. The van der Waals surface area contributed by atoms with Gasteiger partial charge in [0.25, 0.3) is 0 Å². The Morgan fingerprint density at radius 3 is 1.88 bits per heavy atom. The lowest BCUT2D eigenvalue weighted by atomic mass is 9.91. The summed E-state index contributed by atoms with van der Waals surface area (Å²) in [5.41, 5.74) is 4.18. The van der Waals surface area contributed by atoms with Crippen LogP contribution < -0.4 is 0 Å². The molecule has 0 aliphatic heterocycles. The summed E-state index contributed by atoms with van der Waals surface area (Å²) in [6.45, 7) is 12.9. The van der Waals surface area contributed by atoms with Crippen molar-refractivity contribution in [2.24, 2.45) is 17.8 Å². The molecule has 2 heteroatoms. The number of carbonyl (C=O) groups is 1. The van der Waals surface area contributed by atoms with E-state index in [2.05, 4.69) is 33.4 Å². The molecule has 0 fully saturated rings. The first-order valence-electron chi connectivity index (χ1n) is 9.89. The van der Waals surface area contributed by atoms with Crippen molar-refractivity contribution < 1.29 is 9.53 Å². The minimum atomic E-state index is -0.289. The summed E-state index contributed by atoms with van der Waals surface area (Å²) in [6.07, 6.45) is 13.1. The molecule has 24 heavy (non-hydrogen) atoms. The summed E-state index contributed by atoms with van der Waals surface area (Å²) >= 11 is 0. The molecule has 0 amide bonds. The van der Waals surface area contributed by atoms with Crippen LogP contribution in [0, 0.1) is 17.8 Å². The molecule has 0 spiro atoms. The molecule has 0 N–H and O–H groups in total. The highest BCUT2D eigenvalue weighted by Crippen LogP contribution is 2.21. The molecule has 0 aliphatic rings. The quantitative estimate of drug-likeness (QED) is 0.205. The van der Waals surface area contributed by atoms with Gasteiger partial charge in [-0.2, -0.15) is 0 Å². The Hall–Kier alpha value is -1.01. The van der Waals surface area contributed by atoms with Crippen molar-refractivity contribution in [3.63, 3.8) is 0 Å². The Labute approximate surface area is 150 Å². The second-order valence-corrected chi connectivity index (χ2v) is 8.01. The molecule has 0 aromatic carbocycles. The number of allylic oxidation sites excluding steroid dienone is 1. The van der Waals surface area contributed by atoms with Gasteiger partial charge < -0.3 is 4.74 Å². The first-order valence-corrected chi connectivity index (χ1v) is 9.89. The topological polar surface area (TPSA) is 26.3 Å². The molecule has 2 nitrogen and oxygen atoms in total. The van der Waals surface area contributed by atoms with Crippen LogP contribution in [0.2, 0.25) is 0 Å². The number of hydrogen-bond acceptors (Lipinski definition) is 2. The monoisotopic (exact) mass is 336 g/mol. The lowest BCUT2D eigenvalue weighted by molar-refractivity contribution is -0.135. The van der Waals surface area contributed by atoms with E-state index in [9.17, 15) is 4.79 Å². The zero-order chi connectivity index (χ0) is 18.4. The van der Waals surface area contributed by atoms with Gasteiger partial charge in [-0.25, -0.2) is 0 Å². The number of hydrogen-bond donors (Lipinski definition) is 0. The van der Waals surface area contributed by atoms with Crippen molar-refractivity contribution in [3.8, 4) is 0 Å². The zero-order valence-electron chi connectivity index (χ0n) is 17.0. The summed E-state index contributed by atoms with van der Waals surface area (Å²) in [7, 11) is 0. The fourth-order valence-corrected chi connectivity index (χ4v) is 2.98. The minimum absolute atomic E-state index is 0.289. The van der Waals surface area contributed by atoms with Crippen LogP contribution in [0.5, 0.6) is 0 Å². The Balaban J connectivity index is 3.70. The second kappa shape index (κ2) is 14.3. The fourth-order valence-electron chi connectivity index (χ4n) is 2.98. The van der Waals surface area contributed by atoms with Crippen molar-refractivity contribution in [3.05, 3.63) is 17.6 Å². The largest absolute Gasteiger partial charge is 0.426 e. The maximum absolute atomic E-state index is 10.7. The molecule has 0 rings (SSSR count). The van der Waals surface area contributed by atoms with Crippen molar-refractivity contribution in [2.75, 3.05) is 0 Å². The predicted octanol–water partition coefficient (Wildman–Crippen LogP) is 7.05. The molecule has 0 aliphatic carbocycles. The third kappa shape index (κ3) is 15.9.